The van der Waals surface area contributed by atoms with Crippen molar-refractivity contribution < 1.29 is 23.0 Å². The zero-order chi connectivity index (χ0) is 27.9. The summed E-state index contributed by atoms with van der Waals surface area (Å²) in [4.78, 5) is 32.2. The number of hydrogen-bond donors (Lipinski definition) is 0. The van der Waals surface area contributed by atoms with E-state index in [-0.39, 0.29) is 34.2 Å². The molecule has 2 aliphatic rings. The number of nitriles is 1. The lowest BCUT2D eigenvalue weighted by Gasteiger charge is -2.40. The highest BCUT2D eigenvalue weighted by Crippen LogP contribution is 2.50. The first kappa shape index (κ1) is 26.6. The van der Waals surface area contributed by atoms with E-state index in [0.717, 1.165) is 44.2 Å². The van der Waals surface area contributed by atoms with Crippen LogP contribution in [0.4, 0.5) is 13.6 Å². The molecule has 1 spiro atoms. The molecule has 3 aromatic rings. The predicted molar refractivity (Wildman–Crippen MR) is 140 cm³/mol. The van der Waals surface area contributed by atoms with Gasteiger partial charge < -0.3 is 14.4 Å². The highest BCUT2D eigenvalue weighted by atomic mass is 19.1. The van der Waals surface area contributed by atoms with Crippen LogP contribution >= 0.6 is 0 Å². The summed E-state index contributed by atoms with van der Waals surface area (Å²) in [6.45, 7) is 6.80. The van der Waals surface area contributed by atoms with Crippen LogP contribution in [0.2, 0.25) is 0 Å². The summed E-state index contributed by atoms with van der Waals surface area (Å²) in [7, 11) is 0. The Morgan fingerprint density at radius 3 is 2.54 bits per heavy atom. The van der Waals surface area contributed by atoms with Crippen molar-refractivity contribution in [2.24, 2.45) is 5.41 Å². The molecule has 10 heteroatoms. The van der Waals surface area contributed by atoms with E-state index in [1.54, 1.807) is 27.9 Å². The molecule has 204 valence electrons. The van der Waals surface area contributed by atoms with Crippen LogP contribution in [0.1, 0.15) is 64.5 Å². The summed E-state index contributed by atoms with van der Waals surface area (Å²) in [5.74, 6) is -2.22. The Morgan fingerprint density at radius 2 is 1.85 bits per heavy atom. The van der Waals surface area contributed by atoms with Crippen molar-refractivity contribution in [3.05, 3.63) is 64.2 Å². The Kier molecular flexibility index (Phi) is 6.79. The van der Waals surface area contributed by atoms with Gasteiger partial charge in [-0.05, 0) is 88.6 Å². The Labute approximate surface area is 224 Å². The SMILES string of the molecule is CC(C)(C)OC(=O)N1CCC2(CCC(n3cnc4ccc(Oc5c(F)ccc(F)c5C#N)cc4c3=O)C2)CC1. The third kappa shape index (κ3) is 5.31. The van der Waals surface area contributed by atoms with Gasteiger partial charge in [0, 0.05) is 19.1 Å². The molecule has 1 atom stereocenters. The molecule has 1 aliphatic carbocycles. The summed E-state index contributed by atoms with van der Waals surface area (Å²) < 4.78 is 41.0. The van der Waals surface area contributed by atoms with E-state index in [0.29, 0.717) is 18.6 Å². The van der Waals surface area contributed by atoms with Gasteiger partial charge in [0.2, 0.25) is 0 Å². The van der Waals surface area contributed by atoms with Crippen molar-refractivity contribution in [3.63, 3.8) is 0 Å². The number of nitrogens with zero attached hydrogens (tertiary/aromatic N) is 4. The fourth-order valence-electron chi connectivity index (χ4n) is 5.65. The van der Waals surface area contributed by atoms with Crippen LogP contribution in [0.25, 0.3) is 10.9 Å². The van der Waals surface area contributed by atoms with Gasteiger partial charge in [-0.3, -0.25) is 9.36 Å². The highest BCUT2D eigenvalue weighted by Gasteiger charge is 2.43. The van der Waals surface area contributed by atoms with E-state index in [2.05, 4.69) is 4.98 Å². The number of rotatable bonds is 3. The van der Waals surface area contributed by atoms with Crippen molar-refractivity contribution in [3.8, 4) is 17.6 Å². The van der Waals surface area contributed by atoms with Crippen molar-refractivity contribution >= 4 is 17.0 Å². The minimum Gasteiger partial charge on any atom is -0.453 e. The van der Waals surface area contributed by atoms with Gasteiger partial charge in [-0.25, -0.2) is 18.6 Å². The third-order valence-corrected chi connectivity index (χ3v) is 7.69. The van der Waals surface area contributed by atoms with E-state index in [1.165, 1.54) is 12.1 Å². The van der Waals surface area contributed by atoms with Crippen LogP contribution in [0, 0.1) is 28.4 Å². The Hall–Kier alpha value is -4.00. The number of carbonyl (C=O) groups is 1. The summed E-state index contributed by atoms with van der Waals surface area (Å²) >= 11 is 0. The number of halogens is 2. The average Bonchev–Trinajstić information content (AvgIpc) is 3.29. The van der Waals surface area contributed by atoms with Crippen molar-refractivity contribution in [2.75, 3.05) is 13.1 Å². The molecule has 39 heavy (non-hydrogen) atoms. The van der Waals surface area contributed by atoms with Gasteiger partial charge in [-0.2, -0.15) is 5.26 Å². The van der Waals surface area contributed by atoms with E-state index in [1.807, 2.05) is 20.8 Å². The second-order valence-electron chi connectivity index (χ2n) is 11.4. The van der Waals surface area contributed by atoms with E-state index in [4.69, 9.17) is 9.47 Å². The summed E-state index contributed by atoms with van der Waals surface area (Å²) in [6.07, 6.45) is 5.52. The second-order valence-corrected chi connectivity index (χ2v) is 11.4. The quantitative estimate of drug-likeness (QED) is 0.402. The molecule has 8 nitrogen and oxygen atoms in total. The van der Waals surface area contributed by atoms with Gasteiger partial charge in [-0.1, -0.05) is 0 Å². The number of hydrogen-bond acceptors (Lipinski definition) is 6. The fraction of sp³-hybridized carbons (Fsp3) is 0.448. The zero-order valence-corrected chi connectivity index (χ0v) is 22.2. The molecule has 0 N–H and O–H groups in total. The van der Waals surface area contributed by atoms with Crippen LogP contribution in [0.3, 0.4) is 0 Å². The molecule has 1 unspecified atom stereocenters. The zero-order valence-electron chi connectivity index (χ0n) is 22.2. The summed E-state index contributed by atoms with van der Waals surface area (Å²) in [6, 6.07) is 7.83. The van der Waals surface area contributed by atoms with Crippen LogP contribution < -0.4 is 10.3 Å². The number of ether oxygens (including phenoxy) is 2. The molecular formula is C29H30F2N4O4. The monoisotopic (exact) mass is 536 g/mol. The topological polar surface area (TPSA) is 97.4 Å². The van der Waals surface area contributed by atoms with E-state index in [9.17, 15) is 23.6 Å². The Bertz CT molecular complexity index is 1530. The number of fused-ring (bicyclic) bond motifs is 1. The smallest absolute Gasteiger partial charge is 0.410 e. The second kappa shape index (κ2) is 9.95. The van der Waals surface area contributed by atoms with E-state index < -0.39 is 28.5 Å². The molecule has 1 saturated heterocycles. The van der Waals surface area contributed by atoms with E-state index >= 15 is 0 Å². The lowest BCUT2D eigenvalue weighted by Crippen LogP contribution is -2.44. The molecule has 2 aromatic carbocycles. The molecule has 1 saturated carbocycles. The van der Waals surface area contributed by atoms with Crippen molar-refractivity contribution in [1.29, 1.82) is 5.26 Å². The average molecular weight is 537 g/mol. The number of likely N-dealkylation sites (tertiary alicyclic amines) is 1. The first-order valence-corrected chi connectivity index (χ1v) is 13.0. The minimum atomic E-state index is -0.897. The van der Waals surface area contributed by atoms with Crippen molar-refractivity contribution in [1.82, 2.24) is 14.5 Å². The van der Waals surface area contributed by atoms with Gasteiger partial charge in [0.15, 0.2) is 11.6 Å². The van der Waals surface area contributed by atoms with Crippen LogP contribution in [-0.4, -0.2) is 39.2 Å². The molecule has 1 aliphatic heterocycles. The van der Waals surface area contributed by atoms with Crippen LogP contribution in [-0.2, 0) is 4.74 Å². The lowest BCUT2D eigenvalue weighted by molar-refractivity contribution is 0.0103. The lowest BCUT2D eigenvalue weighted by atomic mass is 9.77. The van der Waals surface area contributed by atoms with Gasteiger partial charge in [0.25, 0.3) is 5.56 Å². The summed E-state index contributed by atoms with van der Waals surface area (Å²) in [5.41, 5.74) is -0.845. The maximum atomic E-state index is 14.3. The molecular weight excluding hydrogens is 506 g/mol. The van der Waals surface area contributed by atoms with Gasteiger partial charge in [0.1, 0.15) is 28.8 Å². The number of amides is 1. The Morgan fingerprint density at radius 1 is 1.13 bits per heavy atom. The molecule has 1 aromatic heterocycles. The fourth-order valence-corrected chi connectivity index (χ4v) is 5.65. The molecule has 2 fully saturated rings. The third-order valence-electron chi connectivity index (χ3n) is 7.69. The predicted octanol–water partition coefficient (Wildman–Crippen LogP) is 6.08. The highest BCUT2D eigenvalue weighted by molar-refractivity contribution is 5.79. The van der Waals surface area contributed by atoms with Gasteiger partial charge in [-0.15, -0.1) is 0 Å². The standard InChI is InChI=1S/C29H30F2N4O4/c1-28(2,3)39-27(37)34-12-10-29(11-13-34)9-8-18(15-29)35-17-33-24-7-4-19(14-20(24)26(35)36)38-25-21(16-32)22(30)5-6-23(25)31/h4-7,14,17-18H,8-13,15H2,1-3H3. The van der Waals surface area contributed by atoms with Crippen molar-refractivity contribution in [2.45, 2.75) is 64.5 Å². The van der Waals surface area contributed by atoms with Gasteiger partial charge >= 0.3 is 6.09 Å². The molecule has 0 radical (unpaired) electrons. The molecule has 0 bridgehead atoms. The maximum absolute atomic E-state index is 14.3. The first-order chi connectivity index (χ1) is 18.5. The Balaban J connectivity index is 1.34. The van der Waals surface area contributed by atoms with Crippen LogP contribution in [0.15, 0.2) is 41.5 Å². The number of benzene rings is 2. The number of carbonyl (C=O) groups excluding carboxylic acids is 1. The molecule has 1 amide bonds. The number of aromatic nitrogens is 2. The largest absolute Gasteiger partial charge is 0.453 e. The number of piperidine rings is 1. The molecule has 5 rings (SSSR count). The first-order valence-electron chi connectivity index (χ1n) is 13.0. The maximum Gasteiger partial charge on any atom is 0.410 e. The van der Waals surface area contributed by atoms with Crippen LogP contribution in [0.5, 0.6) is 11.5 Å². The minimum absolute atomic E-state index is 0.0436. The van der Waals surface area contributed by atoms with Gasteiger partial charge in [0.05, 0.1) is 17.2 Å². The summed E-state index contributed by atoms with van der Waals surface area (Å²) in [5, 5.41) is 9.52. The normalized spacial score (nSPS) is 18.8. The molecule has 2 heterocycles.